The third-order valence-electron chi connectivity index (χ3n) is 2.63. The first-order chi connectivity index (χ1) is 9.29. The third kappa shape index (κ3) is 4.83. The van der Waals surface area contributed by atoms with Crippen molar-refractivity contribution in [2.45, 2.75) is 20.3 Å². The lowest BCUT2D eigenvalue weighted by Crippen LogP contribution is -2.33. The summed E-state index contributed by atoms with van der Waals surface area (Å²) in [6.07, 6.45) is -0.0895. The molecule has 1 atom stereocenters. The maximum Gasteiger partial charge on any atom is 0.319 e. The van der Waals surface area contributed by atoms with Gasteiger partial charge in [0.25, 0.3) is 0 Å². The van der Waals surface area contributed by atoms with E-state index in [1.165, 1.54) is 6.92 Å². The van der Waals surface area contributed by atoms with Gasteiger partial charge in [-0.3, -0.25) is 4.79 Å². The summed E-state index contributed by atoms with van der Waals surface area (Å²) in [6.45, 7) is 3.18. The van der Waals surface area contributed by atoms with E-state index >= 15 is 0 Å². The number of aryl methyl sites for hydroxylation is 1. The van der Waals surface area contributed by atoms with Gasteiger partial charge in [0.2, 0.25) is 0 Å². The van der Waals surface area contributed by atoms with Crippen molar-refractivity contribution in [3.8, 4) is 0 Å². The van der Waals surface area contributed by atoms with Crippen LogP contribution in [0.15, 0.2) is 12.1 Å². The summed E-state index contributed by atoms with van der Waals surface area (Å²) < 4.78 is 26.7. The van der Waals surface area contributed by atoms with Crippen molar-refractivity contribution in [3.63, 3.8) is 0 Å². The van der Waals surface area contributed by atoms with Gasteiger partial charge in [-0.2, -0.15) is 0 Å². The summed E-state index contributed by atoms with van der Waals surface area (Å²) in [5.41, 5.74) is -0.125. The summed E-state index contributed by atoms with van der Waals surface area (Å²) >= 11 is 0. The van der Waals surface area contributed by atoms with E-state index in [1.807, 2.05) is 0 Å². The molecule has 2 amide bonds. The number of hydrogen-bond acceptors (Lipinski definition) is 2. The van der Waals surface area contributed by atoms with E-state index in [0.717, 1.165) is 12.1 Å². The van der Waals surface area contributed by atoms with E-state index in [-0.39, 0.29) is 30.1 Å². The Kier molecular flexibility index (Phi) is 5.42. The molecule has 110 valence electrons. The van der Waals surface area contributed by atoms with Crippen molar-refractivity contribution in [1.82, 2.24) is 5.32 Å². The number of hydrogen-bond donors (Lipinski definition) is 3. The molecule has 0 bridgehead atoms. The summed E-state index contributed by atoms with van der Waals surface area (Å²) in [6, 6.07) is 1.16. The fourth-order valence-corrected chi connectivity index (χ4v) is 1.55. The van der Waals surface area contributed by atoms with Gasteiger partial charge in [0.15, 0.2) is 0 Å². The highest BCUT2D eigenvalue weighted by atomic mass is 19.1. The number of carboxylic acids is 1. The summed E-state index contributed by atoms with van der Waals surface area (Å²) in [4.78, 5) is 21.9. The lowest BCUT2D eigenvalue weighted by atomic mass is 10.1. The summed E-state index contributed by atoms with van der Waals surface area (Å²) in [7, 11) is 0. The van der Waals surface area contributed by atoms with Gasteiger partial charge in [0.05, 0.1) is 5.69 Å². The molecule has 0 fully saturated rings. The largest absolute Gasteiger partial charge is 0.481 e. The minimum atomic E-state index is -0.966. The average molecular weight is 286 g/mol. The van der Waals surface area contributed by atoms with Gasteiger partial charge in [-0.1, -0.05) is 6.92 Å². The number of benzene rings is 1. The van der Waals surface area contributed by atoms with E-state index in [2.05, 4.69) is 10.6 Å². The summed E-state index contributed by atoms with van der Waals surface area (Å²) in [5, 5.41) is 13.1. The standard InChI is InChI=1S/C13H16F2N2O3/c1-7(3-12(18)19)6-16-13(20)17-11-5-9(14)8(2)4-10(11)15/h4-5,7H,3,6H2,1-2H3,(H,18,19)(H2,16,17,20). The van der Waals surface area contributed by atoms with Crippen LogP contribution in [0.4, 0.5) is 19.3 Å². The van der Waals surface area contributed by atoms with Gasteiger partial charge in [0.1, 0.15) is 11.6 Å². The van der Waals surface area contributed by atoms with Gasteiger partial charge < -0.3 is 15.7 Å². The normalized spacial score (nSPS) is 11.8. The van der Waals surface area contributed by atoms with Crippen LogP contribution >= 0.6 is 0 Å². The molecule has 5 nitrogen and oxygen atoms in total. The first-order valence-electron chi connectivity index (χ1n) is 6.02. The molecule has 0 aromatic heterocycles. The molecule has 0 saturated carbocycles. The smallest absolute Gasteiger partial charge is 0.319 e. The maximum atomic E-state index is 13.5. The molecule has 1 aromatic carbocycles. The molecule has 1 rings (SSSR count). The van der Waals surface area contributed by atoms with Crippen molar-refractivity contribution < 1.29 is 23.5 Å². The van der Waals surface area contributed by atoms with Gasteiger partial charge in [-0.15, -0.1) is 0 Å². The van der Waals surface area contributed by atoms with Crippen LogP contribution in [-0.4, -0.2) is 23.7 Å². The molecular formula is C13H16F2N2O3. The third-order valence-corrected chi connectivity index (χ3v) is 2.63. The Hall–Kier alpha value is -2.18. The fraction of sp³-hybridized carbons (Fsp3) is 0.385. The molecule has 0 heterocycles. The second-order valence-electron chi connectivity index (χ2n) is 4.62. The predicted molar refractivity (Wildman–Crippen MR) is 69.5 cm³/mol. The highest BCUT2D eigenvalue weighted by molar-refractivity contribution is 5.89. The van der Waals surface area contributed by atoms with Gasteiger partial charge >= 0.3 is 12.0 Å². The molecule has 7 heteroatoms. The Labute approximate surface area is 115 Å². The minimum Gasteiger partial charge on any atom is -0.481 e. The second-order valence-corrected chi connectivity index (χ2v) is 4.62. The molecule has 1 aromatic rings. The molecule has 0 radical (unpaired) electrons. The quantitative estimate of drug-likeness (QED) is 0.778. The Morgan fingerprint density at radius 1 is 1.30 bits per heavy atom. The molecule has 1 unspecified atom stereocenters. The van der Waals surface area contributed by atoms with Gasteiger partial charge in [-0.05, 0) is 24.5 Å². The van der Waals surface area contributed by atoms with E-state index in [9.17, 15) is 18.4 Å². The average Bonchev–Trinajstić information content (AvgIpc) is 2.32. The van der Waals surface area contributed by atoms with Crippen LogP contribution in [0.1, 0.15) is 18.9 Å². The molecule has 3 N–H and O–H groups in total. The van der Waals surface area contributed by atoms with E-state index in [1.54, 1.807) is 6.92 Å². The zero-order chi connectivity index (χ0) is 15.3. The maximum absolute atomic E-state index is 13.5. The van der Waals surface area contributed by atoms with Crippen LogP contribution in [0.2, 0.25) is 0 Å². The van der Waals surface area contributed by atoms with Gasteiger partial charge in [-0.25, -0.2) is 13.6 Å². The fourth-order valence-electron chi connectivity index (χ4n) is 1.55. The number of carboxylic acid groups (broad SMARTS) is 1. The molecule has 0 saturated heterocycles. The number of carbonyl (C=O) groups excluding carboxylic acids is 1. The number of anilines is 1. The molecule has 0 aliphatic rings. The van der Waals surface area contributed by atoms with Crippen molar-refractivity contribution in [2.75, 3.05) is 11.9 Å². The Morgan fingerprint density at radius 2 is 1.95 bits per heavy atom. The lowest BCUT2D eigenvalue weighted by Gasteiger charge is -2.12. The number of carbonyl (C=O) groups is 2. The lowest BCUT2D eigenvalue weighted by molar-refractivity contribution is -0.137. The monoisotopic (exact) mass is 286 g/mol. The predicted octanol–water partition coefficient (Wildman–Crippen LogP) is 2.51. The number of urea groups is 1. The number of amides is 2. The zero-order valence-corrected chi connectivity index (χ0v) is 11.2. The Bertz CT molecular complexity index is 521. The number of rotatable bonds is 5. The highest BCUT2D eigenvalue weighted by Crippen LogP contribution is 2.18. The molecule has 0 aliphatic heterocycles. The van der Waals surface area contributed by atoms with Crippen molar-refractivity contribution in [1.29, 1.82) is 0 Å². The minimum absolute atomic E-state index is 0.0895. The van der Waals surface area contributed by atoms with Crippen LogP contribution in [0, 0.1) is 24.5 Å². The number of nitrogens with one attached hydrogen (secondary N) is 2. The Morgan fingerprint density at radius 3 is 2.55 bits per heavy atom. The SMILES string of the molecule is Cc1cc(F)c(NC(=O)NCC(C)CC(=O)O)cc1F. The zero-order valence-electron chi connectivity index (χ0n) is 11.2. The molecule has 0 spiro atoms. The van der Waals surface area contributed by atoms with Gasteiger partial charge in [0, 0.05) is 19.0 Å². The van der Waals surface area contributed by atoms with Crippen LogP contribution < -0.4 is 10.6 Å². The topological polar surface area (TPSA) is 78.4 Å². The summed E-state index contributed by atoms with van der Waals surface area (Å²) in [5.74, 6) is -2.59. The first kappa shape index (κ1) is 15.9. The second kappa shape index (κ2) is 6.83. The van der Waals surface area contributed by atoms with Crippen LogP contribution in [-0.2, 0) is 4.79 Å². The number of halogens is 2. The Balaban J connectivity index is 2.55. The first-order valence-corrected chi connectivity index (χ1v) is 6.02. The van der Waals surface area contributed by atoms with Crippen molar-refractivity contribution >= 4 is 17.7 Å². The van der Waals surface area contributed by atoms with E-state index in [4.69, 9.17) is 5.11 Å². The number of aliphatic carboxylic acids is 1. The van der Waals surface area contributed by atoms with Crippen molar-refractivity contribution in [2.24, 2.45) is 5.92 Å². The van der Waals surface area contributed by atoms with Crippen LogP contribution in [0.3, 0.4) is 0 Å². The molecule has 20 heavy (non-hydrogen) atoms. The van der Waals surface area contributed by atoms with E-state index < -0.39 is 23.6 Å². The molecule has 0 aliphatic carbocycles. The molecular weight excluding hydrogens is 270 g/mol. The highest BCUT2D eigenvalue weighted by Gasteiger charge is 2.12. The van der Waals surface area contributed by atoms with Crippen LogP contribution in [0.5, 0.6) is 0 Å². The van der Waals surface area contributed by atoms with Crippen LogP contribution in [0.25, 0.3) is 0 Å². The van der Waals surface area contributed by atoms with E-state index in [0.29, 0.717) is 0 Å². The van der Waals surface area contributed by atoms with Crippen molar-refractivity contribution in [3.05, 3.63) is 29.3 Å².